The Morgan fingerprint density at radius 1 is 1.11 bits per heavy atom. The molecule has 0 radical (unpaired) electrons. The van der Waals surface area contributed by atoms with Gasteiger partial charge in [-0.1, -0.05) is 29.3 Å². The highest BCUT2D eigenvalue weighted by molar-refractivity contribution is 6.34. The predicted octanol–water partition coefficient (Wildman–Crippen LogP) is 5.16. The van der Waals surface area contributed by atoms with E-state index < -0.39 is 29.1 Å². The van der Waals surface area contributed by atoms with Crippen LogP contribution in [0.1, 0.15) is 21.5 Å². The van der Waals surface area contributed by atoms with Gasteiger partial charge in [-0.15, -0.1) is 0 Å². The quantitative estimate of drug-likeness (QED) is 0.671. The van der Waals surface area contributed by atoms with Crippen LogP contribution in [0.3, 0.4) is 0 Å². The zero-order chi connectivity index (χ0) is 20.0. The molecule has 0 aromatic heterocycles. The summed E-state index contributed by atoms with van der Waals surface area (Å²) in [6, 6.07) is 6.27. The first-order valence-electron chi connectivity index (χ1n) is 7.27. The Kier molecular flexibility index (Phi) is 4.83. The van der Waals surface area contributed by atoms with Crippen molar-refractivity contribution in [1.82, 2.24) is 5.48 Å². The molecule has 0 saturated heterocycles. The van der Waals surface area contributed by atoms with E-state index in [1.54, 1.807) is 0 Å². The number of alkyl halides is 3. The maximum atomic E-state index is 13.9. The third-order valence-electron chi connectivity index (χ3n) is 3.89. The molecule has 0 spiro atoms. The van der Waals surface area contributed by atoms with Gasteiger partial charge < -0.3 is 5.11 Å². The minimum atomic E-state index is -4.91. The molecule has 0 aliphatic carbocycles. The third-order valence-corrected chi connectivity index (χ3v) is 4.33. The van der Waals surface area contributed by atoms with Gasteiger partial charge >= 0.3 is 12.1 Å². The first-order chi connectivity index (χ1) is 12.5. The number of benzene rings is 2. The van der Waals surface area contributed by atoms with Crippen molar-refractivity contribution >= 4 is 34.9 Å². The SMILES string of the molecule is O=C(O)c1ccc(C2=CC(c3cc(Cl)cc(Cl)c3)(C(F)(F)F)ON2)cc1F. The Bertz CT molecular complexity index is 941. The standard InChI is InChI=1S/C17H9Cl2F4NO3/c18-10-4-9(5-11(19)6-10)16(17(21,22)23)7-14(24-27-16)8-1-2-12(15(25)26)13(20)3-8/h1-7,24H,(H,25,26). The Morgan fingerprint density at radius 3 is 2.26 bits per heavy atom. The summed E-state index contributed by atoms with van der Waals surface area (Å²) in [7, 11) is 0. The number of carbonyl (C=O) groups is 1. The van der Waals surface area contributed by atoms with Crippen LogP contribution in [0.15, 0.2) is 42.5 Å². The number of rotatable bonds is 3. The molecular weight excluding hydrogens is 413 g/mol. The molecule has 1 aliphatic heterocycles. The highest BCUT2D eigenvalue weighted by Crippen LogP contribution is 2.48. The fourth-order valence-corrected chi connectivity index (χ4v) is 3.14. The average molecular weight is 422 g/mol. The van der Waals surface area contributed by atoms with Gasteiger partial charge in [0.05, 0.1) is 11.3 Å². The number of halogens is 6. The van der Waals surface area contributed by atoms with E-state index in [0.717, 1.165) is 30.3 Å². The van der Waals surface area contributed by atoms with Gasteiger partial charge in [0.2, 0.25) is 5.60 Å². The second kappa shape index (κ2) is 6.70. The van der Waals surface area contributed by atoms with Gasteiger partial charge in [-0.3, -0.25) is 10.3 Å². The second-order valence-electron chi connectivity index (χ2n) is 5.65. The number of nitrogens with one attached hydrogen (secondary N) is 1. The Morgan fingerprint density at radius 2 is 1.74 bits per heavy atom. The molecule has 0 amide bonds. The minimum Gasteiger partial charge on any atom is -0.478 e. The molecule has 1 heterocycles. The maximum absolute atomic E-state index is 13.9. The topological polar surface area (TPSA) is 58.6 Å². The minimum absolute atomic E-state index is 0.0246. The zero-order valence-corrected chi connectivity index (χ0v) is 14.6. The Hall–Kier alpha value is -2.29. The van der Waals surface area contributed by atoms with Gasteiger partial charge in [-0.2, -0.15) is 13.2 Å². The van der Waals surface area contributed by atoms with Gasteiger partial charge in [0, 0.05) is 21.2 Å². The van der Waals surface area contributed by atoms with Crippen molar-refractivity contribution in [3.8, 4) is 0 Å². The van der Waals surface area contributed by atoms with Crippen molar-refractivity contribution in [2.24, 2.45) is 0 Å². The summed E-state index contributed by atoms with van der Waals surface area (Å²) in [5.74, 6) is -2.60. The molecule has 142 valence electrons. The summed E-state index contributed by atoms with van der Waals surface area (Å²) in [6.07, 6.45) is -4.19. The van der Waals surface area contributed by atoms with Gasteiger partial charge in [0.15, 0.2) is 0 Å². The van der Waals surface area contributed by atoms with E-state index in [4.69, 9.17) is 33.1 Å². The van der Waals surface area contributed by atoms with Gasteiger partial charge in [0.1, 0.15) is 5.82 Å². The monoisotopic (exact) mass is 421 g/mol. The first-order valence-corrected chi connectivity index (χ1v) is 8.02. The van der Waals surface area contributed by atoms with E-state index in [-0.39, 0.29) is 26.9 Å². The maximum Gasteiger partial charge on any atom is 0.428 e. The lowest BCUT2D eigenvalue weighted by Gasteiger charge is -2.28. The predicted molar refractivity (Wildman–Crippen MR) is 89.8 cm³/mol. The highest BCUT2D eigenvalue weighted by Gasteiger charge is 2.59. The van der Waals surface area contributed by atoms with Crippen LogP contribution in [0, 0.1) is 5.82 Å². The number of aromatic carboxylic acids is 1. The lowest BCUT2D eigenvalue weighted by Crippen LogP contribution is -2.42. The molecule has 3 rings (SSSR count). The molecule has 2 aromatic rings. The fourth-order valence-electron chi connectivity index (χ4n) is 2.61. The molecule has 0 saturated carbocycles. The number of hydroxylamine groups is 1. The normalized spacial score (nSPS) is 19.6. The molecule has 10 heteroatoms. The van der Waals surface area contributed by atoms with E-state index in [2.05, 4.69) is 5.48 Å². The number of hydrogen-bond acceptors (Lipinski definition) is 3. The van der Waals surface area contributed by atoms with Crippen molar-refractivity contribution in [2.45, 2.75) is 11.8 Å². The third kappa shape index (κ3) is 3.47. The van der Waals surface area contributed by atoms with Gasteiger partial charge in [0.25, 0.3) is 0 Å². The van der Waals surface area contributed by atoms with E-state index in [1.165, 1.54) is 6.07 Å². The fraction of sp³-hybridized carbons (Fsp3) is 0.118. The highest BCUT2D eigenvalue weighted by atomic mass is 35.5. The van der Waals surface area contributed by atoms with Crippen molar-refractivity contribution < 1.29 is 32.3 Å². The van der Waals surface area contributed by atoms with Crippen LogP contribution in [-0.2, 0) is 10.4 Å². The van der Waals surface area contributed by atoms with E-state index in [9.17, 15) is 22.4 Å². The average Bonchev–Trinajstić information content (AvgIpc) is 3.00. The van der Waals surface area contributed by atoms with Gasteiger partial charge in [-0.05, 0) is 36.4 Å². The molecule has 4 nitrogen and oxygen atoms in total. The van der Waals surface area contributed by atoms with E-state index in [0.29, 0.717) is 6.08 Å². The van der Waals surface area contributed by atoms with Crippen molar-refractivity contribution in [3.05, 3.63) is 75.0 Å². The summed E-state index contributed by atoms with van der Waals surface area (Å²) in [4.78, 5) is 15.7. The summed E-state index contributed by atoms with van der Waals surface area (Å²) in [5.41, 5.74) is -2.01. The molecular formula is C17H9Cl2F4NO3. The molecule has 27 heavy (non-hydrogen) atoms. The van der Waals surface area contributed by atoms with Gasteiger partial charge in [-0.25, -0.2) is 9.18 Å². The lowest BCUT2D eigenvalue weighted by atomic mass is 9.91. The van der Waals surface area contributed by atoms with Crippen LogP contribution < -0.4 is 5.48 Å². The van der Waals surface area contributed by atoms with Crippen molar-refractivity contribution in [1.29, 1.82) is 0 Å². The summed E-state index contributed by atoms with van der Waals surface area (Å²) in [6.45, 7) is 0. The zero-order valence-electron chi connectivity index (χ0n) is 13.1. The Balaban J connectivity index is 2.12. The van der Waals surface area contributed by atoms with Crippen molar-refractivity contribution in [3.63, 3.8) is 0 Å². The van der Waals surface area contributed by atoms with Crippen LogP contribution in [0.5, 0.6) is 0 Å². The molecule has 0 fully saturated rings. The number of hydrogen-bond donors (Lipinski definition) is 2. The number of carboxylic acids is 1. The summed E-state index contributed by atoms with van der Waals surface area (Å²) in [5, 5.41) is 8.79. The molecule has 0 bridgehead atoms. The molecule has 1 aliphatic rings. The smallest absolute Gasteiger partial charge is 0.428 e. The van der Waals surface area contributed by atoms with Crippen LogP contribution in [0.2, 0.25) is 10.0 Å². The molecule has 1 unspecified atom stereocenters. The Labute approximate surface area is 159 Å². The first kappa shape index (κ1) is 19.5. The summed E-state index contributed by atoms with van der Waals surface area (Å²) < 4.78 is 55.4. The summed E-state index contributed by atoms with van der Waals surface area (Å²) >= 11 is 11.6. The van der Waals surface area contributed by atoms with Crippen molar-refractivity contribution in [2.75, 3.05) is 0 Å². The lowest BCUT2D eigenvalue weighted by molar-refractivity contribution is -0.269. The molecule has 2 N–H and O–H groups in total. The number of carboxylic acid groups (broad SMARTS) is 1. The largest absolute Gasteiger partial charge is 0.478 e. The van der Waals surface area contributed by atoms with Crippen LogP contribution in [-0.4, -0.2) is 17.3 Å². The van der Waals surface area contributed by atoms with Crippen LogP contribution >= 0.6 is 23.2 Å². The van der Waals surface area contributed by atoms with E-state index in [1.807, 2.05) is 0 Å². The van der Waals surface area contributed by atoms with E-state index >= 15 is 0 Å². The second-order valence-corrected chi connectivity index (χ2v) is 6.53. The van der Waals surface area contributed by atoms with Crippen LogP contribution in [0.25, 0.3) is 5.70 Å². The molecule has 2 aromatic carbocycles. The van der Waals surface area contributed by atoms with Crippen LogP contribution in [0.4, 0.5) is 17.6 Å². The molecule has 1 atom stereocenters.